The number of phosphoric ester groups is 1. The monoisotopic (exact) mass is 1230 g/mol. The highest BCUT2D eigenvalue weighted by atomic mass is 31.2. The molecule has 86 heavy (non-hydrogen) atoms. The number of carbonyl (C=O) groups is 2. The number of hydrogen-bond donors (Lipinski definition) is 1. The second kappa shape index (κ2) is 65.4. The molecule has 0 aliphatic carbocycles. The number of quaternary nitrogens is 1. The first-order chi connectivity index (χ1) is 41.9. The van der Waals surface area contributed by atoms with Gasteiger partial charge in [-0.3, -0.25) is 14.2 Å². The number of esters is 1. The highest BCUT2D eigenvalue weighted by Crippen LogP contribution is 2.38. The molecule has 0 aliphatic heterocycles. The molecule has 0 heterocycles. The van der Waals surface area contributed by atoms with E-state index in [1.807, 2.05) is 33.3 Å². The zero-order valence-corrected chi connectivity index (χ0v) is 58.4. The van der Waals surface area contributed by atoms with Crippen molar-refractivity contribution in [1.29, 1.82) is 0 Å². The Balaban J connectivity index is 5.00. The molecule has 0 radical (unpaired) electrons. The van der Waals surface area contributed by atoms with Gasteiger partial charge in [0.25, 0.3) is 7.82 Å². The van der Waals surface area contributed by atoms with Gasteiger partial charge in [-0.15, -0.1) is 0 Å². The van der Waals surface area contributed by atoms with E-state index in [2.05, 4.69) is 86.8 Å². The summed E-state index contributed by atoms with van der Waals surface area (Å²) in [6.07, 6.45) is 86.0. The van der Waals surface area contributed by atoms with Crippen LogP contribution in [0.4, 0.5) is 0 Å². The molecule has 1 amide bonds. The highest BCUT2D eigenvalue weighted by Gasteiger charge is 2.27. The Morgan fingerprint density at radius 2 is 0.709 bits per heavy atom. The van der Waals surface area contributed by atoms with E-state index in [1.165, 1.54) is 238 Å². The third-order valence-corrected chi connectivity index (χ3v) is 17.3. The normalized spacial score (nSPS) is 13.9. The Bertz CT molecular complexity index is 1700. The SMILES string of the molecule is CCCCC/C=C\C/C=C\C/C=C\CCCCCCCCCCCCCCCCC(=O)OC(/C=C\CCCCCCCCCCCC)C(COP(=O)([O-])OCC[N+](C)(C)C)NC(=O)CCCCCCCCCCCCC/C=C\C/C=C\CCCCC. The van der Waals surface area contributed by atoms with Gasteiger partial charge in [0.2, 0.25) is 5.91 Å². The lowest BCUT2D eigenvalue weighted by Crippen LogP contribution is -2.47. The lowest BCUT2D eigenvalue weighted by molar-refractivity contribution is -0.870. The van der Waals surface area contributed by atoms with E-state index in [4.69, 9.17) is 13.8 Å². The summed E-state index contributed by atoms with van der Waals surface area (Å²) in [6, 6.07) is -0.892. The zero-order chi connectivity index (χ0) is 62.8. The summed E-state index contributed by atoms with van der Waals surface area (Å²) in [6.45, 7) is 6.83. The molecule has 0 aromatic carbocycles. The van der Waals surface area contributed by atoms with Crippen LogP contribution in [0, 0.1) is 0 Å². The average Bonchev–Trinajstić information content (AvgIpc) is 3.65. The van der Waals surface area contributed by atoms with E-state index >= 15 is 0 Å². The highest BCUT2D eigenvalue weighted by molar-refractivity contribution is 7.45. The number of amides is 1. The molecule has 0 saturated carbocycles. The molecule has 502 valence electrons. The minimum atomic E-state index is -4.71. The third kappa shape index (κ3) is 65.9. The molecule has 0 spiro atoms. The Labute approximate surface area is 533 Å². The Morgan fingerprint density at radius 1 is 0.407 bits per heavy atom. The molecule has 0 rings (SSSR count). The van der Waals surface area contributed by atoms with Gasteiger partial charge in [0.05, 0.1) is 33.8 Å². The molecule has 3 atom stereocenters. The average molecular weight is 1230 g/mol. The van der Waals surface area contributed by atoms with Gasteiger partial charge >= 0.3 is 5.97 Å². The first-order valence-corrected chi connectivity index (χ1v) is 38.2. The first-order valence-electron chi connectivity index (χ1n) is 36.7. The van der Waals surface area contributed by atoms with Gasteiger partial charge in [-0.2, -0.15) is 0 Å². The van der Waals surface area contributed by atoms with Crippen LogP contribution in [-0.4, -0.2) is 69.4 Å². The molecule has 0 aromatic heterocycles. The van der Waals surface area contributed by atoms with Gasteiger partial charge in [0.1, 0.15) is 19.3 Å². The number of unbranched alkanes of at least 4 members (excludes halogenated alkanes) is 41. The summed E-state index contributed by atoms with van der Waals surface area (Å²) < 4.78 is 30.5. The van der Waals surface area contributed by atoms with Crippen molar-refractivity contribution < 1.29 is 37.3 Å². The van der Waals surface area contributed by atoms with Crippen LogP contribution in [0.2, 0.25) is 0 Å². The topological polar surface area (TPSA) is 114 Å². The second-order valence-electron chi connectivity index (χ2n) is 26.1. The maximum absolute atomic E-state index is 13.6. The Hall–Kier alpha value is -2.55. The number of nitrogens with one attached hydrogen (secondary N) is 1. The number of nitrogens with zero attached hydrogens (tertiary/aromatic N) is 1. The van der Waals surface area contributed by atoms with Crippen LogP contribution in [0.5, 0.6) is 0 Å². The van der Waals surface area contributed by atoms with Crippen molar-refractivity contribution in [3.05, 3.63) is 72.9 Å². The molecule has 9 nitrogen and oxygen atoms in total. The van der Waals surface area contributed by atoms with Gasteiger partial charge < -0.3 is 28.5 Å². The fourth-order valence-electron chi connectivity index (χ4n) is 10.7. The van der Waals surface area contributed by atoms with Gasteiger partial charge in [0.15, 0.2) is 0 Å². The van der Waals surface area contributed by atoms with Crippen molar-refractivity contribution >= 4 is 19.7 Å². The van der Waals surface area contributed by atoms with Crippen molar-refractivity contribution in [3.8, 4) is 0 Å². The molecule has 0 bridgehead atoms. The lowest BCUT2D eigenvalue weighted by Gasteiger charge is -2.30. The van der Waals surface area contributed by atoms with Crippen molar-refractivity contribution in [2.75, 3.05) is 40.9 Å². The van der Waals surface area contributed by atoms with Crippen LogP contribution in [0.3, 0.4) is 0 Å². The van der Waals surface area contributed by atoms with E-state index in [0.29, 0.717) is 17.4 Å². The van der Waals surface area contributed by atoms with Crippen LogP contribution in [0.1, 0.15) is 348 Å². The Morgan fingerprint density at radius 3 is 1.08 bits per heavy atom. The molecule has 0 aromatic rings. The molecule has 0 saturated heterocycles. The molecular weight excluding hydrogens is 1080 g/mol. The third-order valence-electron chi connectivity index (χ3n) is 16.4. The standard InChI is InChI=1S/C76H141N2O7P/c1-7-10-13-16-19-22-25-28-30-32-34-36-37-38-39-40-41-43-45-47-49-51-54-57-60-63-66-69-76(80)85-74(67-64-61-58-55-52-27-24-21-18-15-12-9-3)73(72-84-86(81,82)83-71-70-78(4,5)6)77-75(79)68-65-62-59-56-53-50-48-46-44-42-35-33-31-29-26-23-20-17-14-11-8-2/h19-20,22-23,28-31,34,36,64,67,73-74H,7-18,21,24-27,32-33,35,37-63,65-66,68-72H2,1-6H3,(H-,77,79,81,82)/b22-19-,23-20-,30-28-,31-29-,36-34-,67-64-. The van der Waals surface area contributed by atoms with Gasteiger partial charge in [-0.1, -0.05) is 306 Å². The number of ether oxygens (including phenoxy) is 1. The number of likely N-dealkylation sites (N-methyl/N-ethyl adjacent to an activating group) is 1. The summed E-state index contributed by atoms with van der Waals surface area (Å²) in [5, 5.41) is 3.05. The summed E-state index contributed by atoms with van der Waals surface area (Å²) in [4.78, 5) is 40.2. The van der Waals surface area contributed by atoms with Crippen LogP contribution in [0.15, 0.2) is 72.9 Å². The number of carbonyl (C=O) groups excluding carboxylic acids is 2. The predicted octanol–water partition coefficient (Wildman–Crippen LogP) is 22.9. The largest absolute Gasteiger partial charge is 0.756 e. The fraction of sp³-hybridized carbons (Fsp3) is 0.816. The number of hydrogen-bond acceptors (Lipinski definition) is 7. The quantitative estimate of drug-likeness (QED) is 0.0212. The first kappa shape index (κ1) is 83.5. The lowest BCUT2D eigenvalue weighted by atomic mass is 10.0. The minimum absolute atomic E-state index is 0.0233. The van der Waals surface area contributed by atoms with Gasteiger partial charge in [0, 0.05) is 12.8 Å². The van der Waals surface area contributed by atoms with E-state index in [1.54, 1.807) is 0 Å². The molecule has 1 N–H and O–H groups in total. The van der Waals surface area contributed by atoms with E-state index in [-0.39, 0.29) is 31.5 Å². The summed E-state index contributed by atoms with van der Waals surface area (Å²) in [5.41, 5.74) is 0. The summed E-state index contributed by atoms with van der Waals surface area (Å²) in [5.74, 6) is -0.533. The minimum Gasteiger partial charge on any atom is -0.756 e. The van der Waals surface area contributed by atoms with Crippen molar-refractivity contribution in [3.63, 3.8) is 0 Å². The fourth-order valence-corrected chi connectivity index (χ4v) is 11.4. The maximum atomic E-state index is 13.6. The Kier molecular flexibility index (Phi) is 63.5. The number of rotatable bonds is 67. The number of allylic oxidation sites excluding steroid dienone is 11. The van der Waals surface area contributed by atoms with E-state index < -0.39 is 20.0 Å². The van der Waals surface area contributed by atoms with Crippen molar-refractivity contribution in [2.45, 2.75) is 360 Å². The smallest absolute Gasteiger partial charge is 0.306 e. The van der Waals surface area contributed by atoms with E-state index in [9.17, 15) is 19.0 Å². The second-order valence-corrected chi connectivity index (χ2v) is 27.5. The maximum Gasteiger partial charge on any atom is 0.306 e. The van der Waals surface area contributed by atoms with Crippen LogP contribution in [-0.2, 0) is 27.9 Å². The van der Waals surface area contributed by atoms with E-state index in [0.717, 1.165) is 77.0 Å². The summed E-state index contributed by atoms with van der Waals surface area (Å²) in [7, 11) is 1.19. The van der Waals surface area contributed by atoms with Crippen LogP contribution < -0.4 is 10.2 Å². The molecule has 3 unspecified atom stereocenters. The van der Waals surface area contributed by atoms with Gasteiger partial charge in [-0.05, 0) is 102 Å². The zero-order valence-electron chi connectivity index (χ0n) is 57.5. The molecule has 0 fully saturated rings. The number of phosphoric acid groups is 1. The molecule has 0 aliphatic rings. The van der Waals surface area contributed by atoms with Gasteiger partial charge in [-0.25, -0.2) is 0 Å². The van der Waals surface area contributed by atoms with Crippen molar-refractivity contribution in [1.82, 2.24) is 5.32 Å². The molecular formula is C76H141N2O7P. The predicted molar refractivity (Wildman–Crippen MR) is 372 cm³/mol. The van der Waals surface area contributed by atoms with Crippen LogP contribution in [0.25, 0.3) is 0 Å². The molecule has 10 heteroatoms. The van der Waals surface area contributed by atoms with Crippen molar-refractivity contribution in [2.24, 2.45) is 0 Å². The van der Waals surface area contributed by atoms with Crippen LogP contribution >= 0.6 is 7.82 Å². The summed E-state index contributed by atoms with van der Waals surface area (Å²) >= 11 is 0.